The first-order chi connectivity index (χ1) is 8.35. The summed E-state index contributed by atoms with van der Waals surface area (Å²) in [6.07, 6.45) is 1.76. The monoisotopic (exact) mass is 274 g/mol. The van der Waals surface area contributed by atoms with Crippen molar-refractivity contribution in [2.75, 3.05) is 7.11 Å². The Labute approximate surface area is 107 Å². The lowest BCUT2D eigenvalue weighted by Gasteiger charge is -2.26. The second-order valence-corrected chi connectivity index (χ2v) is 7.07. The van der Waals surface area contributed by atoms with E-state index < -0.39 is 21.3 Å². The summed E-state index contributed by atoms with van der Waals surface area (Å²) in [4.78, 5) is 11.4. The van der Waals surface area contributed by atoms with Crippen LogP contribution in [0.3, 0.4) is 0 Å². The number of hydrogen-bond acceptors (Lipinski definition) is 5. The van der Waals surface area contributed by atoms with Crippen LogP contribution in [0.5, 0.6) is 0 Å². The fourth-order valence-electron chi connectivity index (χ4n) is 3.03. The molecule has 2 saturated carbocycles. The molecule has 6 heteroatoms. The van der Waals surface area contributed by atoms with Crippen LogP contribution in [0.2, 0.25) is 0 Å². The van der Waals surface area contributed by atoms with Crippen molar-refractivity contribution in [3.8, 4) is 0 Å². The van der Waals surface area contributed by atoms with Crippen LogP contribution in [-0.4, -0.2) is 32.9 Å². The molecule has 0 aliphatic heterocycles. The molecule has 0 amide bonds. The van der Waals surface area contributed by atoms with E-state index in [0.29, 0.717) is 18.4 Å². The molecule has 2 aliphatic carbocycles. The molecule has 0 saturated heterocycles. The van der Waals surface area contributed by atoms with Crippen molar-refractivity contribution in [1.82, 2.24) is 0 Å². The first-order valence-corrected chi connectivity index (χ1v) is 7.48. The van der Waals surface area contributed by atoms with Crippen LogP contribution in [-0.2, 0) is 23.8 Å². The predicted octanol–water partition coefficient (Wildman–Crippen LogP) is 1.25. The standard InChI is InChI=1S/C12H18O5S/c1-7(2)12(13)17-10-5-9-4-8(10)6-11(9)18(14,15)16-3/h8-11H,1,4-6H2,2-3H3. The Morgan fingerprint density at radius 3 is 2.33 bits per heavy atom. The minimum atomic E-state index is -3.46. The maximum atomic E-state index is 11.7. The molecule has 2 fully saturated rings. The quantitative estimate of drug-likeness (QED) is 0.438. The van der Waals surface area contributed by atoms with Crippen LogP contribution in [0.4, 0.5) is 0 Å². The Balaban J connectivity index is 2.00. The number of rotatable bonds is 4. The van der Waals surface area contributed by atoms with Crippen molar-refractivity contribution in [2.24, 2.45) is 11.8 Å². The van der Waals surface area contributed by atoms with Gasteiger partial charge in [0.25, 0.3) is 10.1 Å². The molecule has 102 valence electrons. The molecule has 5 nitrogen and oxygen atoms in total. The van der Waals surface area contributed by atoms with E-state index in [2.05, 4.69) is 10.8 Å². The molecule has 0 spiro atoms. The third-order valence-corrected chi connectivity index (χ3v) is 5.72. The number of carbonyl (C=O) groups is 1. The second kappa shape index (κ2) is 4.66. The second-order valence-electron chi connectivity index (χ2n) is 5.15. The zero-order valence-electron chi connectivity index (χ0n) is 10.6. The van der Waals surface area contributed by atoms with Crippen molar-refractivity contribution < 1.29 is 22.1 Å². The molecule has 0 heterocycles. The highest BCUT2D eigenvalue weighted by Gasteiger charge is 2.52. The molecule has 4 atom stereocenters. The summed E-state index contributed by atoms with van der Waals surface area (Å²) in [5, 5.41) is -0.438. The highest BCUT2D eigenvalue weighted by molar-refractivity contribution is 7.87. The molecule has 0 radical (unpaired) electrons. The summed E-state index contributed by atoms with van der Waals surface area (Å²) < 4.78 is 33.3. The van der Waals surface area contributed by atoms with E-state index in [1.54, 1.807) is 6.92 Å². The van der Waals surface area contributed by atoms with Crippen LogP contribution >= 0.6 is 0 Å². The van der Waals surface area contributed by atoms with Crippen LogP contribution in [0.25, 0.3) is 0 Å². The van der Waals surface area contributed by atoms with Crippen LogP contribution in [0.1, 0.15) is 26.2 Å². The zero-order chi connectivity index (χ0) is 13.5. The van der Waals surface area contributed by atoms with Crippen LogP contribution in [0, 0.1) is 11.8 Å². The third-order valence-electron chi connectivity index (χ3n) is 3.94. The van der Waals surface area contributed by atoms with Gasteiger partial charge in [-0.3, -0.25) is 4.18 Å². The predicted molar refractivity (Wildman–Crippen MR) is 65.2 cm³/mol. The van der Waals surface area contributed by atoms with Gasteiger partial charge >= 0.3 is 5.97 Å². The lowest BCUT2D eigenvalue weighted by atomic mass is 9.97. The smallest absolute Gasteiger partial charge is 0.333 e. The van der Waals surface area contributed by atoms with Crippen molar-refractivity contribution in [3.63, 3.8) is 0 Å². The van der Waals surface area contributed by atoms with Gasteiger partial charge in [-0.2, -0.15) is 8.42 Å². The van der Waals surface area contributed by atoms with Gasteiger partial charge in [0.05, 0.1) is 12.4 Å². The lowest BCUT2D eigenvalue weighted by molar-refractivity contribution is -0.146. The third kappa shape index (κ3) is 2.31. The van der Waals surface area contributed by atoms with Crippen molar-refractivity contribution >= 4 is 16.1 Å². The first-order valence-electron chi connectivity index (χ1n) is 6.01. The van der Waals surface area contributed by atoms with Crippen LogP contribution in [0.15, 0.2) is 12.2 Å². The average Bonchev–Trinajstić information content (AvgIpc) is 2.88. The summed E-state index contributed by atoms with van der Waals surface area (Å²) >= 11 is 0. The van der Waals surface area contributed by atoms with Gasteiger partial charge in [0.15, 0.2) is 0 Å². The van der Waals surface area contributed by atoms with Gasteiger partial charge in [0.2, 0.25) is 0 Å². The first kappa shape index (κ1) is 13.5. The van der Waals surface area contributed by atoms with Gasteiger partial charge in [-0.25, -0.2) is 4.79 Å². The Hall–Kier alpha value is -0.880. The SMILES string of the molecule is C=C(C)C(=O)OC1CC2CC1CC2S(=O)(=O)OC. The molecule has 2 aliphatic rings. The Morgan fingerprint density at radius 1 is 1.22 bits per heavy atom. The zero-order valence-corrected chi connectivity index (χ0v) is 11.4. The average molecular weight is 274 g/mol. The Bertz CT molecular complexity index is 467. The van der Waals surface area contributed by atoms with E-state index in [1.165, 1.54) is 7.11 Å². The lowest BCUT2D eigenvalue weighted by Crippen LogP contribution is -2.34. The largest absolute Gasteiger partial charge is 0.459 e. The number of hydrogen-bond donors (Lipinski definition) is 0. The molecule has 2 rings (SSSR count). The van der Waals surface area contributed by atoms with E-state index in [0.717, 1.165) is 6.42 Å². The Kier molecular flexibility index (Phi) is 3.51. The topological polar surface area (TPSA) is 69.7 Å². The van der Waals surface area contributed by atoms with E-state index in [4.69, 9.17) is 4.74 Å². The van der Waals surface area contributed by atoms with Crippen molar-refractivity contribution in [2.45, 2.75) is 37.5 Å². The summed E-state index contributed by atoms with van der Waals surface area (Å²) in [5.74, 6) is -0.213. The highest BCUT2D eigenvalue weighted by atomic mass is 32.2. The van der Waals surface area contributed by atoms with Gasteiger partial charge in [-0.15, -0.1) is 0 Å². The summed E-state index contributed by atoms with van der Waals surface area (Å²) in [6.45, 7) is 5.14. The van der Waals surface area contributed by atoms with Gasteiger partial charge in [-0.05, 0) is 38.0 Å². The molecule has 4 unspecified atom stereocenters. The number of esters is 1. The molecular weight excluding hydrogens is 256 g/mol. The fourth-order valence-corrected chi connectivity index (χ4v) is 4.45. The normalized spacial score (nSPS) is 34.6. The van der Waals surface area contributed by atoms with E-state index in [1.807, 2.05) is 0 Å². The molecule has 0 aromatic heterocycles. The van der Waals surface area contributed by atoms with Gasteiger partial charge < -0.3 is 4.74 Å². The minimum absolute atomic E-state index is 0.0443. The number of carbonyl (C=O) groups excluding carboxylic acids is 1. The van der Waals surface area contributed by atoms with Gasteiger partial charge in [0.1, 0.15) is 6.10 Å². The molecule has 0 N–H and O–H groups in total. The van der Waals surface area contributed by atoms with Crippen molar-refractivity contribution in [1.29, 1.82) is 0 Å². The molecule has 2 bridgehead atoms. The van der Waals surface area contributed by atoms with E-state index in [-0.39, 0.29) is 17.9 Å². The summed E-state index contributed by atoms with van der Waals surface area (Å²) in [5.41, 5.74) is 0.374. The Morgan fingerprint density at radius 2 is 1.89 bits per heavy atom. The molecular formula is C12H18O5S. The van der Waals surface area contributed by atoms with Gasteiger partial charge in [0, 0.05) is 5.57 Å². The maximum Gasteiger partial charge on any atom is 0.333 e. The van der Waals surface area contributed by atoms with Gasteiger partial charge in [-0.1, -0.05) is 6.58 Å². The minimum Gasteiger partial charge on any atom is -0.459 e. The number of fused-ring (bicyclic) bond motifs is 2. The summed E-state index contributed by atoms with van der Waals surface area (Å²) in [6, 6.07) is 0. The van der Waals surface area contributed by atoms with Crippen molar-refractivity contribution in [3.05, 3.63) is 12.2 Å². The van der Waals surface area contributed by atoms with E-state index >= 15 is 0 Å². The maximum absolute atomic E-state index is 11.7. The summed E-state index contributed by atoms with van der Waals surface area (Å²) in [7, 11) is -2.26. The highest BCUT2D eigenvalue weighted by Crippen LogP contribution is 2.49. The van der Waals surface area contributed by atoms with E-state index in [9.17, 15) is 13.2 Å². The molecule has 18 heavy (non-hydrogen) atoms. The van der Waals surface area contributed by atoms with Crippen LogP contribution < -0.4 is 0 Å². The fraction of sp³-hybridized carbons (Fsp3) is 0.750. The molecule has 0 aromatic carbocycles. The molecule has 0 aromatic rings. The number of ether oxygens (including phenoxy) is 1.